The molecule has 0 spiro atoms. The molecule has 2 heterocycles. The molecule has 0 aromatic carbocycles. The lowest BCUT2D eigenvalue weighted by Crippen LogP contribution is -2.41. The van der Waals surface area contributed by atoms with Gasteiger partial charge in [-0.1, -0.05) is 11.8 Å². The maximum Gasteiger partial charge on any atom is 0.271 e. The lowest BCUT2D eigenvalue weighted by Gasteiger charge is -2.22. The third kappa shape index (κ3) is 4.28. The molecular weight excluding hydrogens is 290 g/mol. The zero-order chi connectivity index (χ0) is 15.3. The van der Waals surface area contributed by atoms with E-state index in [-0.39, 0.29) is 35.7 Å². The quantitative estimate of drug-likeness (QED) is 0.730. The molecule has 2 rings (SSSR count). The molecule has 1 amide bonds. The predicted molar refractivity (Wildman–Crippen MR) is 79.3 cm³/mol. The molecule has 0 saturated carbocycles. The summed E-state index contributed by atoms with van der Waals surface area (Å²) in [6.07, 6.45) is 2.39. The van der Waals surface area contributed by atoms with Gasteiger partial charge in [-0.2, -0.15) is 0 Å². The normalized spacial score (nSPS) is 17.6. The van der Waals surface area contributed by atoms with Crippen LogP contribution >= 0.6 is 0 Å². The van der Waals surface area contributed by atoms with Gasteiger partial charge in [-0.05, 0) is 25.0 Å². The Morgan fingerprint density at radius 2 is 2.14 bits per heavy atom. The van der Waals surface area contributed by atoms with Crippen LogP contribution in [0.4, 0.5) is 0 Å². The van der Waals surface area contributed by atoms with Crippen molar-refractivity contribution < 1.29 is 13.2 Å². The molecule has 1 aliphatic rings. The Bertz CT molecular complexity index is 675. The number of aromatic nitrogens is 1. The highest BCUT2D eigenvalue weighted by Crippen LogP contribution is 2.13. The molecule has 3 N–H and O–H groups in total. The van der Waals surface area contributed by atoms with Crippen LogP contribution in [-0.4, -0.2) is 43.4 Å². The Kier molecular flexibility index (Phi) is 4.94. The highest BCUT2D eigenvalue weighted by molar-refractivity contribution is 7.91. The van der Waals surface area contributed by atoms with E-state index in [9.17, 15) is 13.2 Å². The minimum absolute atomic E-state index is 0.111. The van der Waals surface area contributed by atoms with E-state index in [1.54, 1.807) is 12.1 Å². The number of sulfone groups is 1. The SMILES string of the molecule is NCC#Cc1cccnc1C(=O)NC1CCS(=O)(=O)CC1. The van der Waals surface area contributed by atoms with E-state index < -0.39 is 9.84 Å². The van der Waals surface area contributed by atoms with Gasteiger partial charge < -0.3 is 11.1 Å². The maximum atomic E-state index is 12.2. The molecule has 1 aromatic heterocycles. The molecule has 7 heteroatoms. The smallest absolute Gasteiger partial charge is 0.271 e. The molecule has 1 saturated heterocycles. The van der Waals surface area contributed by atoms with Crippen molar-refractivity contribution in [2.24, 2.45) is 5.73 Å². The Balaban J connectivity index is 2.07. The van der Waals surface area contributed by atoms with Gasteiger partial charge in [0.1, 0.15) is 15.5 Å². The van der Waals surface area contributed by atoms with Crippen molar-refractivity contribution in [3.63, 3.8) is 0 Å². The van der Waals surface area contributed by atoms with Gasteiger partial charge in [0, 0.05) is 12.2 Å². The van der Waals surface area contributed by atoms with Gasteiger partial charge in [-0.15, -0.1) is 0 Å². The minimum Gasteiger partial charge on any atom is -0.348 e. The number of carbonyl (C=O) groups excluding carboxylic acids is 1. The van der Waals surface area contributed by atoms with E-state index in [0.717, 1.165) is 0 Å². The van der Waals surface area contributed by atoms with Crippen molar-refractivity contribution in [1.29, 1.82) is 0 Å². The van der Waals surface area contributed by atoms with Gasteiger partial charge in [0.15, 0.2) is 0 Å². The van der Waals surface area contributed by atoms with Crippen LogP contribution in [0.25, 0.3) is 0 Å². The number of amides is 1. The first-order valence-corrected chi connectivity index (χ1v) is 8.49. The van der Waals surface area contributed by atoms with Crippen molar-refractivity contribution in [2.45, 2.75) is 18.9 Å². The van der Waals surface area contributed by atoms with E-state index >= 15 is 0 Å². The highest BCUT2D eigenvalue weighted by atomic mass is 32.2. The number of carbonyl (C=O) groups is 1. The number of nitrogens with zero attached hydrogens (tertiary/aromatic N) is 1. The molecule has 0 aliphatic carbocycles. The zero-order valence-corrected chi connectivity index (χ0v) is 12.3. The van der Waals surface area contributed by atoms with Gasteiger partial charge in [0.05, 0.1) is 23.6 Å². The number of rotatable bonds is 2. The summed E-state index contributed by atoms with van der Waals surface area (Å²) in [5, 5.41) is 2.82. The third-order valence-electron chi connectivity index (χ3n) is 3.24. The molecular formula is C14H17N3O3S. The molecule has 6 nitrogen and oxygen atoms in total. The lowest BCUT2D eigenvalue weighted by molar-refractivity contribution is 0.0929. The van der Waals surface area contributed by atoms with Crippen molar-refractivity contribution in [3.8, 4) is 11.8 Å². The number of pyridine rings is 1. The first-order valence-electron chi connectivity index (χ1n) is 6.67. The fourth-order valence-electron chi connectivity index (χ4n) is 2.12. The Hall–Kier alpha value is -1.91. The van der Waals surface area contributed by atoms with E-state index in [1.165, 1.54) is 6.20 Å². The van der Waals surface area contributed by atoms with Crippen molar-refractivity contribution in [2.75, 3.05) is 18.1 Å². The van der Waals surface area contributed by atoms with Gasteiger partial charge >= 0.3 is 0 Å². The van der Waals surface area contributed by atoms with Crippen molar-refractivity contribution >= 4 is 15.7 Å². The zero-order valence-electron chi connectivity index (χ0n) is 11.5. The molecule has 112 valence electrons. The summed E-state index contributed by atoms with van der Waals surface area (Å²) in [4.78, 5) is 16.3. The molecule has 0 radical (unpaired) electrons. The monoisotopic (exact) mass is 307 g/mol. The second-order valence-corrected chi connectivity index (χ2v) is 7.11. The van der Waals surface area contributed by atoms with E-state index in [2.05, 4.69) is 22.1 Å². The molecule has 0 unspecified atom stereocenters. The largest absolute Gasteiger partial charge is 0.348 e. The lowest BCUT2D eigenvalue weighted by atomic mass is 10.1. The highest BCUT2D eigenvalue weighted by Gasteiger charge is 2.25. The summed E-state index contributed by atoms with van der Waals surface area (Å²) in [7, 11) is -2.94. The fraction of sp³-hybridized carbons (Fsp3) is 0.429. The Labute approximate surface area is 124 Å². The summed E-state index contributed by atoms with van der Waals surface area (Å²) in [5.41, 5.74) is 6.09. The summed E-state index contributed by atoms with van der Waals surface area (Å²) in [5.74, 6) is 5.39. The van der Waals surface area contributed by atoms with Crippen LogP contribution in [0.2, 0.25) is 0 Å². The Morgan fingerprint density at radius 1 is 1.43 bits per heavy atom. The van der Waals surface area contributed by atoms with Crippen molar-refractivity contribution in [3.05, 3.63) is 29.6 Å². The number of nitrogens with one attached hydrogen (secondary N) is 1. The van der Waals surface area contributed by atoms with Gasteiger partial charge in [-0.3, -0.25) is 4.79 Å². The first kappa shape index (κ1) is 15.5. The number of hydrogen-bond donors (Lipinski definition) is 2. The second-order valence-electron chi connectivity index (χ2n) is 4.81. The second kappa shape index (κ2) is 6.70. The van der Waals surface area contributed by atoms with Gasteiger partial charge in [-0.25, -0.2) is 13.4 Å². The first-order chi connectivity index (χ1) is 10.0. The van der Waals surface area contributed by atoms with Gasteiger partial charge in [0.2, 0.25) is 0 Å². The Morgan fingerprint density at radius 3 is 2.81 bits per heavy atom. The molecule has 0 atom stereocenters. The molecule has 21 heavy (non-hydrogen) atoms. The summed E-state index contributed by atoms with van der Waals surface area (Å²) < 4.78 is 22.7. The third-order valence-corrected chi connectivity index (χ3v) is 4.95. The maximum absolute atomic E-state index is 12.2. The van der Waals surface area contributed by atoms with Crippen LogP contribution in [0.1, 0.15) is 28.9 Å². The summed E-state index contributed by atoms with van der Waals surface area (Å²) in [6, 6.07) is 3.26. The van der Waals surface area contributed by atoms with E-state index in [0.29, 0.717) is 18.4 Å². The van der Waals surface area contributed by atoms with Crippen LogP contribution in [0, 0.1) is 11.8 Å². The molecule has 1 aliphatic heterocycles. The number of nitrogens with two attached hydrogens (primary N) is 1. The standard InChI is InChI=1S/C14H17N3O3S/c15-7-1-3-11-4-2-8-16-13(11)14(18)17-12-5-9-21(19,20)10-6-12/h2,4,8,12H,5-7,9-10,15H2,(H,17,18). The van der Waals surface area contributed by atoms with Crippen molar-refractivity contribution in [1.82, 2.24) is 10.3 Å². The van der Waals surface area contributed by atoms with Crippen LogP contribution < -0.4 is 11.1 Å². The number of hydrogen-bond acceptors (Lipinski definition) is 5. The van der Waals surface area contributed by atoms with Crippen LogP contribution in [0.3, 0.4) is 0 Å². The molecule has 1 aromatic rings. The molecule has 0 bridgehead atoms. The average molecular weight is 307 g/mol. The van der Waals surface area contributed by atoms with Crippen LogP contribution in [0.5, 0.6) is 0 Å². The summed E-state index contributed by atoms with van der Waals surface area (Å²) >= 11 is 0. The predicted octanol–water partition coefficient (Wildman–Crippen LogP) is -0.301. The fourth-order valence-corrected chi connectivity index (χ4v) is 3.61. The summed E-state index contributed by atoms with van der Waals surface area (Å²) in [6.45, 7) is 0.205. The molecule has 1 fully saturated rings. The minimum atomic E-state index is -2.94. The van der Waals surface area contributed by atoms with E-state index in [1.807, 2.05) is 0 Å². The van der Waals surface area contributed by atoms with Crippen LogP contribution in [-0.2, 0) is 9.84 Å². The van der Waals surface area contributed by atoms with Gasteiger partial charge in [0.25, 0.3) is 5.91 Å². The topological polar surface area (TPSA) is 102 Å². The average Bonchev–Trinajstić information content (AvgIpc) is 2.47. The van der Waals surface area contributed by atoms with E-state index in [4.69, 9.17) is 5.73 Å². The van der Waals surface area contributed by atoms with Crippen LogP contribution in [0.15, 0.2) is 18.3 Å².